The zero-order valence-electron chi connectivity index (χ0n) is 15.6. The third kappa shape index (κ3) is 6.39. The van der Waals surface area contributed by atoms with Crippen LogP contribution in [0.5, 0.6) is 5.75 Å². The van der Waals surface area contributed by atoms with Gasteiger partial charge in [-0.2, -0.15) is 0 Å². The Morgan fingerprint density at radius 1 is 0.966 bits per heavy atom. The average Bonchev–Trinajstić information content (AvgIpc) is 2.69. The van der Waals surface area contributed by atoms with Crippen molar-refractivity contribution >= 4 is 56.4 Å². The van der Waals surface area contributed by atoms with E-state index in [0.717, 1.165) is 32.7 Å². The summed E-state index contributed by atoms with van der Waals surface area (Å²) in [5.74, 6) is 0.685. The lowest BCUT2D eigenvalue weighted by molar-refractivity contribution is -0.114. The minimum Gasteiger partial charge on any atom is -0.489 e. The van der Waals surface area contributed by atoms with Gasteiger partial charge in [0.15, 0.2) is 0 Å². The van der Waals surface area contributed by atoms with Gasteiger partial charge >= 0.3 is 0 Å². The van der Waals surface area contributed by atoms with E-state index in [1.165, 1.54) is 6.92 Å². The Morgan fingerprint density at radius 2 is 1.69 bits per heavy atom. The summed E-state index contributed by atoms with van der Waals surface area (Å²) in [5.41, 5.74) is 3.64. The molecule has 0 saturated heterocycles. The lowest BCUT2D eigenvalue weighted by Gasteiger charge is -2.14. The number of hydrogen-bond donors (Lipinski definition) is 2. The van der Waals surface area contributed by atoms with Crippen LogP contribution in [0, 0.1) is 0 Å². The van der Waals surface area contributed by atoms with Crippen LogP contribution in [0.15, 0.2) is 65.1 Å². The third-order valence-corrected chi connectivity index (χ3v) is 5.32. The molecule has 1 amide bonds. The molecule has 0 aromatic heterocycles. The van der Waals surface area contributed by atoms with Crippen LogP contribution in [-0.2, 0) is 17.9 Å². The largest absolute Gasteiger partial charge is 0.489 e. The molecule has 2 N–H and O–H groups in total. The average molecular weight is 494 g/mol. The molecule has 3 aromatic rings. The summed E-state index contributed by atoms with van der Waals surface area (Å²) in [4.78, 5) is 11.1. The molecule has 150 valence electrons. The highest BCUT2D eigenvalue weighted by molar-refractivity contribution is 9.10. The molecule has 0 aliphatic carbocycles. The first-order valence-electron chi connectivity index (χ1n) is 8.87. The number of anilines is 2. The predicted molar refractivity (Wildman–Crippen MR) is 123 cm³/mol. The number of benzene rings is 3. The summed E-state index contributed by atoms with van der Waals surface area (Å²) < 4.78 is 6.98. The summed E-state index contributed by atoms with van der Waals surface area (Å²) in [6, 6.07) is 18.9. The molecule has 0 unspecified atom stereocenters. The first-order valence-corrected chi connectivity index (χ1v) is 10.4. The molecule has 0 spiro atoms. The van der Waals surface area contributed by atoms with Gasteiger partial charge in [-0.05, 0) is 60.2 Å². The Bertz CT molecular complexity index is 1010. The van der Waals surface area contributed by atoms with E-state index in [1.54, 1.807) is 12.1 Å². The van der Waals surface area contributed by atoms with Crippen molar-refractivity contribution in [2.75, 3.05) is 10.6 Å². The summed E-state index contributed by atoms with van der Waals surface area (Å²) in [6.45, 7) is 2.45. The number of ether oxygens (including phenoxy) is 1. The molecule has 0 aliphatic rings. The van der Waals surface area contributed by atoms with Crippen molar-refractivity contribution in [3.8, 4) is 5.75 Å². The zero-order valence-corrected chi connectivity index (χ0v) is 18.7. The fraction of sp³-hybridized carbons (Fsp3) is 0.136. The van der Waals surface area contributed by atoms with Crippen LogP contribution in [-0.4, -0.2) is 5.91 Å². The van der Waals surface area contributed by atoms with Gasteiger partial charge in [-0.1, -0.05) is 45.2 Å². The van der Waals surface area contributed by atoms with Crippen molar-refractivity contribution in [1.82, 2.24) is 0 Å². The van der Waals surface area contributed by atoms with E-state index in [1.807, 2.05) is 48.5 Å². The van der Waals surface area contributed by atoms with Gasteiger partial charge in [0.2, 0.25) is 5.91 Å². The molecule has 3 rings (SSSR count). The Balaban J connectivity index is 1.66. The minimum absolute atomic E-state index is 0.0939. The van der Waals surface area contributed by atoms with Crippen molar-refractivity contribution < 1.29 is 9.53 Å². The van der Waals surface area contributed by atoms with Crippen LogP contribution in [0.1, 0.15) is 18.1 Å². The molecule has 29 heavy (non-hydrogen) atoms. The van der Waals surface area contributed by atoms with E-state index in [9.17, 15) is 4.79 Å². The van der Waals surface area contributed by atoms with E-state index in [2.05, 4.69) is 26.6 Å². The summed E-state index contributed by atoms with van der Waals surface area (Å²) >= 11 is 15.6. The van der Waals surface area contributed by atoms with Crippen LogP contribution in [0.3, 0.4) is 0 Å². The second-order valence-electron chi connectivity index (χ2n) is 6.40. The fourth-order valence-electron chi connectivity index (χ4n) is 2.69. The molecule has 0 bridgehead atoms. The molecule has 0 saturated carbocycles. The maximum absolute atomic E-state index is 11.1. The lowest BCUT2D eigenvalue weighted by Crippen LogP contribution is -2.06. The number of rotatable bonds is 7. The Kier molecular flexibility index (Phi) is 7.42. The van der Waals surface area contributed by atoms with Crippen molar-refractivity contribution in [1.29, 1.82) is 0 Å². The number of halogens is 3. The second kappa shape index (κ2) is 10.0. The van der Waals surface area contributed by atoms with E-state index in [-0.39, 0.29) is 5.91 Å². The summed E-state index contributed by atoms with van der Waals surface area (Å²) in [6.07, 6.45) is 0. The first-order chi connectivity index (χ1) is 13.9. The monoisotopic (exact) mass is 492 g/mol. The normalized spacial score (nSPS) is 10.5. The van der Waals surface area contributed by atoms with Crippen LogP contribution >= 0.6 is 39.1 Å². The molecule has 0 radical (unpaired) electrons. The van der Waals surface area contributed by atoms with Crippen LogP contribution in [0.4, 0.5) is 11.4 Å². The highest BCUT2D eigenvalue weighted by Gasteiger charge is 2.07. The van der Waals surface area contributed by atoms with Gasteiger partial charge in [0.1, 0.15) is 12.4 Å². The fourth-order valence-corrected chi connectivity index (χ4v) is 3.42. The predicted octanol–water partition coefficient (Wildman–Crippen LogP) is 6.91. The molecule has 3 aromatic carbocycles. The van der Waals surface area contributed by atoms with E-state index in [0.29, 0.717) is 23.2 Å². The van der Waals surface area contributed by atoms with Crippen LogP contribution in [0.2, 0.25) is 10.0 Å². The molecule has 0 aliphatic heterocycles. The van der Waals surface area contributed by atoms with Gasteiger partial charge in [0.05, 0.1) is 10.0 Å². The molecular formula is C22H19BrCl2N2O2. The zero-order chi connectivity index (χ0) is 20.8. The molecule has 0 atom stereocenters. The second-order valence-corrected chi connectivity index (χ2v) is 8.13. The molecule has 4 nitrogen and oxygen atoms in total. The quantitative estimate of drug-likeness (QED) is 0.376. The van der Waals surface area contributed by atoms with Crippen molar-refractivity contribution in [2.24, 2.45) is 0 Å². The third-order valence-electron chi connectivity index (χ3n) is 4.09. The van der Waals surface area contributed by atoms with Gasteiger partial charge < -0.3 is 15.4 Å². The van der Waals surface area contributed by atoms with Gasteiger partial charge in [-0.15, -0.1) is 0 Å². The minimum atomic E-state index is -0.0939. The Morgan fingerprint density at radius 3 is 2.38 bits per heavy atom. The summed E-state index contributed by atoms with van der Waals surface area (Å²) in [7, 11) is 0. The molecule has 0 fully saturated rings. The lowest BCUT2D eigenvalue weighted by atomic mass is 10.2. The van der Waals surface area contributed by atoms with Crippen molar-refractivity contribution in [3.63, 3.8) is 0 Å². The standard InChI is InChI=1S/C22H19BrCl2N2O2/c1-14(28)27-19-6-4-18(5-7-19)26-12-16-11-17(23)3-9-22(16)29-13-15-2-8-20(24)21(25)10-15/h2-11,26H,12-13H2,1H3,(H,27,28). The van der Waals surface area contributed by atoms with Crippen molar-refractivity contribution in [2.45, 2.75) is 20.1 Å². The number of nitrogens with one attached hydrogen (secondary N) is 2. The smallest absolute Gasteiger partial charge is 0.221 e. The number of carbonyl (C=O) groups is 1. The first kappa shape index (κ1) is 21.5. The van der Waals surface area contributed by atoms with Crippen molar-refractivity contribution in [3.05, 3.63) is 86.3 Å². The SMILES string of the molecule is CC(=O)Nc1ccc(NCc2cc(Br)ccc2OCc2ccc(Cl)c(Cl)c2)cc1. The van der Waals surface area contributed by atoms with E-state index < -0.39 is 0 Å². The number of carbonyl (C=O) groups excluding carboxylic acids is 1. The summed E-state index contributed by atoms with van der Waals surface area (Å²) in [5, 5.41) is 7.15. The Hall–Kier alpha value is -2.21. The van der Waals surface area contributed by atoms with Crippen LogP contribution < -0.4 is 15.4 Å². The number of amides is 1. The Labute approximate surface area is 188 Å². The van der Waals surface area contributed by atoms with Crippen LogP contribution in [0.25, 0.3) is 0 Å². The number of hydrogen-bond acceptors (Lipinski definition) is 3. The van der Waals surface area contributed by atoms with Gasteiger partial charge in [0, 0.05) is 34.9 Å². The highest BCUT2D eigenvalue weighted by Crippen LogP contribution is 2.27. The van der Waals surface area contributed by atoms with E-state index in [4.69, 9.17) is 27.9 Å². The molecule has 7 heteroatoms. The maximum atomic E-state index is 11.1. The van der Waals surface area contributed by atoms with Gasteiger partial charge in [-0.25, -0.2) is 0 Å². The highest BCUT2D eigenvalue weighted by atomic mass is 79.9. The topological polar surface area (TPSA) is 50.4 Å². The van der Waals surface area contributed by atoms with Gasteiger partial charge in [0.25, 0.3) is 0 Å². The van der Waals surface area contributed by atoms with Gasteiger partial charge in [-0.3, -0.25) is 4.79 Å². The molecular weight excluding hydrogens is 475 g/mol. The van der Waals surface area contributed by atoms with E-state index >= 15 is 0 Å². The molecule has 0 heterocycles. The maximum Gasteiger partial charge on any atom is 0.221 e.